The second-order valence-corrected chi connectivity index (χ2v) is 23.5. The van der Waals surface area contributed by atoms with E-state index < -0.39 is 0 Å². The standard InChI is InChI=1S/C60H55BN2/c1-57(2,3)36-19-22-48-43(27-36)44-28-38(59(7,8)9)30-46-52-40-20-17-34-23-37(58(4,5)6)24-35-18-21-41(51(40)50(34)35)56-53(52)61(63(48)54(44)46)47-31-39(60(10,11)12)29-45-42-25-32-15-13-14-16-33(32)26-49(42)62(56)55(45)47/h13-31H,1-12H3. The Hall–Kier alpha value is -6.06. The fourth-order valence-electron chi connectivity index (χ4n) is 11.9. The Morgan fingerprint density at radius 1 is 0.397 bits per heavy atom. The Kier molecular flexibility index (Phi) is 6.87. The van der Waals surface area contributed by atoms with Crippen molar-refractivity contribution in [3.05, 3.63) is 138 Å². The van der Waals surface area contributed by atoms with Gasteiger partial charge in [0.1, 0.15) is 0 Å². The molecule has 0 amide bonds. The third-order valence-electron chi connectivity index (χ3n) is 15.3. The number of rotatable bonds is 0. The van der Waals surface area contributed by atoms with E-state index in [-0.39, 0.29) is 28.5 Å². The predicted molar refractivity (Wildman–Crippen MR) is 276 cm³/mol. The summed E-state index contributed by atoms with van der Waals surface area (Å²) in [6.07, 6.45) is 0. The predicted octanol–water partition coefficient (Wildman–Crippen LogP) is 15.1. The molecule has 0 bridgehead atoms. The Balaban J connectivity index is 1.33. The van der Waals surface area contributed by atoms with Gasteiger partial charge < -0.3 is 9.05 Å². The summed E-state index contributed by atoms with van der Waals surface area (Å²) in [5.74, 6) is 0. The summed E-state index contributed by atoms with van der Waals surface area (Å²) in [5.41, 5.74) is 17.7. The van der Waals surface area contributed by atoms with Crippen LogP contribution in [-0.4, -0.2) is 15.9 Å². The molecule has 13 rings (SSSR count). The average Bonchev–Trinajstić information content (AvgIpc) is 3.72. The number of hydrogen-bond donors (Lipinski definition) is 0. The van der Waals surface area contributed by atoms with Crippen molar-refractivity contribution >= 4 is 104 Å². The molecule has 0 N–H and O–H groups in total. The molecule has 0 unspecified atom stereocenters. The van der Waals surface area contributed by atoms with Crippen LogP contribution >= 0.6 is 0 Å². The first-order valence-corrected chi connectivity index (χ1v) is 23.2. The van der Waals surface area contributed by atoms with Gasteiger partial charge in [-0.3, -0.25) is 0 Å². The minimum absolute atomic E-state index is 0.0181. The van der Waals surface area contributed by atoms with Crippen LogP contribution in [0.1, 0.15) is 105 Å². The minimum Gasteiger partial charge on any atom is -0.375 e. The van der Waals surface area contributed by atoms with Gasteiger partial charge in [-0.1, -0.05) is 156 Å². The lowest BCUT2D eigenvalue weighted by molar-refractivity contribution is 0.590. The molecule has 0 fully saturated rings. The van der Waals surface area contributed by atoms with Crippen LogP contribution in [0.2, 0.25) is 0 Å². The quantitative estimate of drug-likeness (QED) is 0.107. The van der Waals surface area contributed by atoms with Gasteiger partial charge in [0.15, 0.2) is 0 Å². The molecular weight excluding hydrogens is 759 g/mol. The van der Waals surface area contributed by atoms with E-state index in [0.717, 1.165) is 0 Å². The lowest BCUT2D eigenvalue weighted by Gasteiger charge is -2.37. The van der Waals surface area contributed by atoms with E-state index in [2.05, 4.69) is 207 Å². The van der Waals surface area contributed by atoms with E-state index in [1.807, 2.05) is 0 Å². The van der Waals surface area contributed by atoms with E-state index in [9.17, 15) is 0 Å². The molecule has 0 spiro atoms. The van der Waals surface area contributed by atoms with Gasteiger partial charge in [-0.15, -0.1) is 0 Å². The topological polar surface area (TPSA) is 9.86 Å². The maximum absolute atomic E-state index is 2.79. The maximum Gasteiger partial charge on any atom is 0.333 e. The smallest absolute Gasteiger partial charge is 0.333 e. The monoisotopic (exact) mass is 814 g/mol. The maximum atomic E-state index is 2.79. The Labute approximate surface area is 370 Å². The Bertz CT molecular complexity index is 3860. The first-order chi connectivity index (χ1) is 29.8. The molecule has 2 aliphatic rings. The van der Waals surface area contributed by atoms with Gasteiger partial charge in [0.05, 0.1) is 16.7 Å². The number of benzene rings is 9. The molecule has 9 aromatic carbocycles. The summed E-state index contributed by atoms with van der Waals surface area (Å²) in [6, 6.07) is 46.3. The first-order valence-electron chi connectivity index (χ1n) is 23.2. The molecule has 2 nitrogen and oxygen atoms in total. The Morgan fingerprint density at radius 3 is 1.60 bits per heavy atom. The lowest BCUT2D eigenvalue weighted by atomic mass is 9.44. The molecular formula is C60H55BN2. The van der Waals surface area contributed by atoms with Gasteiger partial charge in [0, 0.05) is 48.9 Å². The summed E-state index contributed by atoms with van der Waals surface area (Å²) < 4.78 is 5.51. The summed E-state index contributed by atoms with van der Waals surface area (Å²) in [5, 5.41) is 16.1. The van der Waals surface area contributed by atoms with Crippen LogP contribution in [0.3, 0.4) is 0 Å². The van der Waals surface area contributed by atoms with E-state index >= 15 is 0 Å². The molecule has 0 saturated carbocycles. The third-order valence-corrected chi connectivity index (χ3v) is 15.3. The van der Waals surface area contributed by atoms with E-state index in [1.165, 1.54) is 137 Å². The largest absolute Gasteiger partial charge is 0.375 e. The summed E-state index contributed by atoms with van der Waals surface area (Å²) in [7, 11) is 0. The summed E-state index contributed by atoms with van der Waals surface area (Å²) >= 11 is 0. The highest BCUT2D eigenvalue weighted by Crippen LogP contribution is 2.51. The molecule has 11 aromatic rings. The molecule has 0 radical (unpaired) electrons. The van der Waals surface area contributed by atoms with Crippen LogP contribution in [0, 0.1) is 0 Å². The normalized spacial score (nSPS) is 14.3. The van der Waals surface area contributed by atoms with Gasteiger partial charge in [-0.25, -0.2) is 0 Å². The highest BCUT2D eigenvalue weighted by atomic mass is 15.0. The fraction of sp³-hybridized carbons (Fsp3) is 0.267. The highest BCUT2D eigenvalue weighted by Gasteiger charge is 2.44. The zero-order valence-electron chi connectivity index (χ0n) is 38.9. The van der Waals surface area contributed by atoms with Crippen molar-refractivity contribution in [1.82, 2.24) is 9.05 Å². The van der Waals surface area contributed by atoms with Crippen LogP contribution in [-0.2, 0) is 21.7 Å². The van der Waals surface area contributed by atoms with Crippen molar-refractivity contribution in [1.29, 1.82) is 0 Å². The molecule has 0 aliphatic carbocycles. The van der Waals surface area contributed by atoms with Crippen molar-refractivity contribution in [2.75, 3.05) is 0 Å². The molecule has 0 saturated heterocycles. The van der Waals surface area contributed by atoms with Gasteiger partial charge >= 0.3 is 6.85 Å². The van der Waals surface area contributed by atoms with Crippen molar-refractivity contribution in [3.63, 3.8) is 0 Å². The molecule has 308 valence electrons. The van der Waals surface area contributed by atoms with E-state index in [4.69, 9.17) is 0 Å². The van der Waals surface area contributed by atoms with Crippen molar-refractivity contribution in [2.45, 2.75) is 105 Å². The highest BCUT2D eigenvalue weighted by molar-refractivity contribution is 6.90. The lowest BCUT2D eigenvalue weighted by Crippen LogP contribution is -2.55. The van der Waals surface area contributed by atoms with Gasteiger partial charge in [0.25, 0.3) is 0 Å². The molecule has 2 aliphatic heterocycles. The molecule has 4 heterocycles. The van der Waals surface area contributed by atoms with E-state index in [1.54, 1.807) is 0 Å². The first kappa shape index (κ1) is 37.5. The molecule has 63 heavy (non-hydrogen) atoms. The zero-order valence-corrected chi connectivity index (χ0v) is 38.9. The van der Waals surface area contributed by atoms with Crippen LogP contribution in [0.15, 0.2) is 115 Å². The van der Waals surface area contributed by atoms with Crippen LogP contribution in [0.4, 0.5) is 0 Å². The zero-order chi connectivity index (χ0) is 43.6. The van der Waals surface area contributed by atoms with Crippen LogP contribution < -0.4 is 10.9 Å². The molecule has 3 heteroatoms. The molecule has 0 atom stereocenters. The van der Waals surface area contributed by atoms with Crippen LogP contribution in [0.25, 0.3) is 104 Å². The second kappa shape index (κ2) is 11.5. The molecule has 2 aromatic heterocycles. The van der Waals surface area contributed by atoms with E-state index in [0.29, 0.717) is 0 Å². The fourth-order valence-corrected chi connectivity index (χ4v) is 11.9. The van der Waals surface area contributed by atoms with Crippen molar-refractivity contribution < 1.29 is 0 Å². The van der Waals surface area contributed by atoms with Crippen molar-refractivity contribution in [2.24, 2.45) is 0 Å². The number of fused-ring (bicyclic) bond motifs is 13. The van der Waals surface area contributed by atoms with Crippen LogP contribution in [0.5, 0.6) is 0 Å². The summed E-state index contributed by atoms with van der Waals surface area (Å²) in [6.45, 7) is 28.3. The van der Waals surface area contributed by atoms with Gasteiger partial charge in [-0.05, 0) is 135 Å². The summed E-state index contributed by atoms with van der Waals surface area (Å²) in [4.78, 5) is 0. The number of aromatic nitrogens is 2. The average molecular weight is 815 g/mol. The van der Waals surface area contributed by atoms with Gasteiger partial charge in [0.2, 0.25) is 0 Å². The Morgan fingerprint density at radius 2 is 0.952 bits per heavy atom. The number of nitrogens with zero attached hydrogens (tertiary/aromatic N) is 2. The third kappa shape index (κ3) is 4.81. The minimum atomic E-state index is -0.0533. The second-order valence-electron chi connectivity index (χ2n) is 23.5. The van der Waals surface area contributed by atoms with Crippen molar-refractivity contribution in [3.8, 4) is 16.8 Å². The number of hydrogen-bond acceptors (Lipinski definition) is 0. The SMILES string of the molecule is CC(C)(C)c1cc2ccc3c4c5c(c6ccc(c1)c2c36)-n1c2cc3ccccc3cc2c2cc(C(C)(C)C)cc(c21)B5n1c2ccc(C(C)(C)C)cc2c2cc(C(C)(C)C)cc-4c21. The van der Waals surface area contributed by atoms with Gasteiger partial charge in [-0.2, -0.15) is 0 Å².